The fourth-order valence-electron chi connectivity index (χ4n) is 3.80. The predicted molar refractivity (Wildman–Crippen MR) is 106 cm³/mol. The number of likely N-dealkylation sites (tertiary alicyclic amines) is 1. The van der Waals surface area contributed by atoms with Crippen LogP contribution in [0.4, 0.5) is 4.79 Å². The zero-order valence-electron chi connectivity index (χ0n) is 16.5. The van der Waals surface area contributed by atoms with Gasteiger partial charge >= 0.3 is 6.03 Å². The first-order valence-electron chi connectivity index (χ1n) is 10.2. The molecule has 1 saturated carbocycles. The summed E-state index contributed by atoms with van der Waals surface area (Å²) in [5, 5.41) is 11.5. The van der Waals surface area contributed by atoms with Crippen molar-refractivity contribution in [2.24, 2.45) is 11.8 Å². The average molecular weight is 383 g/mol. The molecule has 2 aromatic rings. The minimum Gasteiger partial charge on any atom is -0.497 e. The summed E-state index contributed by atoms with van der Waals surface area (Å²) in [4.78, 5) is 14.4. The molecule has 0 bridgehead atoms. The molecule has 0 atom stereocenters. The van der Waals surface area contributed by atoms with Crippen LogP contribution in [0.15, 0.2) is 30.6 Å². The van der Waals surface area contributed by atoms with Gasteiger partial charge < -0.3 is 19.5 Å². The van der Waals surface area contributed by atoms with Crippen molar-refractivity contribution in [1.29, 1.82) is 0 Å². The number of hydrogen-bond acceptors (Lipinski definition) is 4. The fourth-order valence-corrected chi connectivity index (χ4v) is 3.80. The van der Waals surface area contributed by atoms with Gasteiger partial charge in [0.2, 0.25) is 0 Å². The Morgan fingerprint density at radius 3 is 2.57 bits per heavy atom. The van der Waals surface area contributed by atoms with Gasteiger partial charge in [0.1, 0.15) is 17.9 Å². The first-order valence-corrected chi connectivity index (χ1v) is 10.2. The van der Waals surface area contributed by atoms with Crippen molar-refractivity contribution < 1.29 is 9.53 Å². The zero-order valence-corrected chi connectivity index (χ0v) is 16.5. The minimum absolute atomic E-state index is 0.0196. The topological polar surface area (TPSA) is 72.3 Å². The lowest BCUT2D eigenvalue weighted by Gasteiger charge is -2.32. The number of nitrogens with zero attached hydrogens (tertiary/aromatic N) is 4. The van der Waals surface area contributed by atoms with Gasteiger partial charge in [-0.05, 0) is 55.2 Å². The number of carbonyl (C=O) groups excluding carboxylic acids is 1. The largest absolute Gasteiger partial charge is 0.497 e. The lowest BCUT2D eigenvalue weighted by Crippen LogP contribution is -2.44. The number of hydrogen-bond donors (Lipinski definition) is 1. The van der Waals surface area contributed by atoms with Gasteiger partial charge in [0, 0.05) is 32.6 Å². The van der Waals surface area contributed by atoms with Gasteiger partial charge in [0.05, 0.1) is 7.11 Å². The van der Waals surface area contributed by atoms with E-state index in [4.69, 9.17) is 4.74 Å². The molecule has 4 rings (SSSR count). The lowest BCUT2D eigenvalue weighted by atomic mass is 9.93. The van der Waals surface area contributed by atoms with Crippen molar-refractivity contribution in [3.8, 4) is 5.75 Å². The highest BCUT2D eigenvalue weighted by Crippen LogP contribution is 2.31. The van der Waals surface area contributed by atoms with Gasteiger partial charge in [-0.1, -0.05) is 12.1 Å². The molecule has 2 amide bonds. The molecule has 0 spiro atoms. The van der Waals surface area contributed by atoms with Crippen LogP contribution in [0.3, 0.4) is 0 Å². The van der Waals surface area contributed by atoms with Crippen LogP contribution in [0.5, 0.6) is 5.75 Å². The molecule has 1 aromatic carbocycles. The molecular weight excluding hydrogens is 354 g/mol. The number of amides is 2. The van der Waals surface area contributed by atoms with Crippen LogP contribution in [0.25, 0.3) is 0 Å². The molecular formula is C21H29N5O2. The first-order chi connectivity index (χ1) is 13.7. The van der Waals surface area contributed by atoms with Gasteiger partial charge in [0.15, 0.2) is 0 Å². The number of nitrogens with one attached hydrogen (secondary N) is 1. The Bertz CT molecular complexity index is 776. The van der Waals surface area contributed by atoms with Gasteiger partial charge in [-0.3, -0.25) is 0 Å². The van der Waals surface area contributed by atoms with Crippen LogP contribution >= 0.6 is 0 Å². The van der Waals surface area contributed by atoms with E-state index in [1.54, 1.807) is 7.11 Å². The van der Waals surface area contributed by atoms with Crippen molar-refractivity contribution >= 4 is 6.03 Å². The van der Waals surface area contributed by atoms with Crippen LogP contribution < -0.4 is 10.1 Å². The molecule has 2 aliphatic rings. The molecule has 0 unspecified atom stereocenters. The van der Waals surface area contributed by atoms with Crippen molar-refractivity contribution in [3.05, 3.63) is 42.0 Å². The second kappa shape index (κ2) is 8.63. The van der Waals surface area contributed by atoms with Gasteiger partial charge in [-0.2, -0.15) is 0 Å². The fraction of sp³-hybridized carbons (Fsp3) is 0.571. The second-order valence-corrected chi connectivity index (χ2v) is 7.98. The first kappa shape index (κ1) is 18.8. The van der Waals surface area contributed by atoms with E-state index in [0.717, 1.165) is 62.0 Å². The Labute approximate surface area is 166 Å². The Kier molecular flexibility index (Phi) is 5.78. The Morgan fingerprint density at radius 2 is 1.89 bits per heavy atom. The normalized spacial score (nSPS) is 17.5. The van der Waals surface area contributed by atoms with E-state index in [9.17, 15) is 4.79 Å². The van der Waals surface area contributed by atoms with E-state index in [-0.39, 0.29) is 6.03 Å². The van der Waals surface area contributed by atoms with Crippen molar-refractivity contribution in [2.45, 2.75) is 45.2 Å². The van der Waals surface area contributed by atoms with Crippen LogP contribution in [0.2, 0.25) is 0 Å². The van der Waals surface area contributed by atoms with E-state index in [2.05, 4.69) is 20.1 Å². The number of methoxy groups -OCH3 is 1. The van der Waals surface area contributed by atoms with E-state index in [1.807, 2.05) is 35.5 Å². The average Bonchev–Trinajstić information content (AvgIpc) is 3.45. The summed E-state index contributed by atoms with van der Waals surface area (Å²) in [6, 6.07) is 7.79. The van der Waals surface area contributed by atoms with Crippen LogP contribution in [-0.2, 0) is 19.5 Å². The maximum Gasteiger partial charge on any atom is 0.317 e. The molecule has 28 heavy (non-hydrogen) atoms. The summed E-state index contributed by atoms with van der Waals surface area (Å²) in [5.41, 5.74) is 1.07. The molecule has 1 N–H and O–H groups in total. The van der Waals surface area contributed by atoms with Crippen molar-refractivity contribution in [1.82, 2.24) is 25.0 Å². The van der Waals surface area contributed by atoms with Crippen LogP contribution in [0.1, 0.15) is 37.1 Å². The third-order valence-corrected chi connectivity index (χ3v) is 5.82. The summed E-state index contributed by atoms with van der Waals surface area (Å²) in [6.07, 6.45) is 7.55. The van der Waals surface area contributed by atoms with Crippen LogP contribution in [-0.4, -0.2) is 45.9 Å². The van der Waals surface area contributed by atoms with Crippen molar-refractivity contribution in [2.75, 3.05) is 20.2 Å². The second-order valence-electron chi connectivity index (χ2n) is 7.98. The highest BCUT2D eigenvalue weighted by Gasteiger charge is 2.26. The summed E-state index contributed by atoms with van der Waals surface area (Å²) in [6.45, 7) is 3.20. The van der Waals surface area contributed by atoms with Gasteiger partial charge in [0.25, 0.3) is 0 Å². The highest BCUT2D eigenvalue weighted by atomic mass is 16.5. The third kappa shape index (κ3) is 4.82. The summed E-state index contributed by atoms with van der Waals surface area (Å²) in [7, 11) is 1.65. The number of aromatic nitrogens is 3. The Morgan fingerprint density at radius 1 is 1.14 bits per heavy atom. The minimum atomic E-state index is 0.0196. The van der Waals surface area contributed by atoms with E-state index in [0.29, 0.717) is 12.5 Å². The lowest BCUT2D eigenvalue weighted by molar-refractivity contribution is 0.169. The molecule has 7 nitrogen and oxygen atoms in total. The van der Waals surface area contributed by atoms with E-state index in [1.165, 1.54) is 12.8 Å². The van der Waals surface area contributed by atoms with Gasteiger partial charge in [-0.15, -0.1) is 10.2 Å². The summed E-state index contributed by atoms with van der Waals surface area (Å²) >= 11 is 0. The zero-order chi connectivity index (χ0) is 19.3. The molecule has 2 heterocycles. The molecule has 1 saturated heterocycles. The third-order valence-electron chi connectivity index (χ3n) is 5.82. The summed E-state index contributed by atoms with van der Waals surface area (Å²) in [5.74, 6) is 3.33. The van der Waals surface area contributed by atoms with Crippen molar-refractivity contribution in [3.63, 3.8) is 0 Å². The smallest absolute Gasteiger partial charge is 0.317 e. The predicted octanol–water partition coefficient (Wildman–Crippen LogP) is 2.86. The molecule has 150 valence electrons. The van der Waals surface area contributed by atoms with E-state index >= 15 is 0 Å². The Hall–Kier alpha value is -2.57. The number of ether oxygens (including phenoxy) is 1. The molecule has 1 aromatic heterocycles. The monoisotopic (exact) mass is 383 g/mol. The number of piperidine rings is 1. The molecule has 1 aliphatic heterocycles. The van der Waals surface area contributed by atoms with E-state index < -0.39 is 0 Å². The molecule has 7 heteroatoms. The molecule has 2 fully saturated rings. The molecule has 0 radical (unpaired) electrons. The van der Waals surface area contributed by atoms with Crippen LogP contribution in [0, 0.1) is 11.8 Å². The number of rotatable bonds is 7. The summed E-state index contributed by atoms with van der Waals surface area (Å²) < 4.78 is 7.39. The standard InChI is InChI=1S/C21H29N5O2/c1-28-19-6-4-17(5-7-19)13-22-21(27)25-10-8-16(9-11-25)12-20-24-23-15-26(20)14-18-2-3-18/h4-7,15-16,18H,2-3,8-14H2,1H3,(H,22,27). The Balaban J connectivity index is 1.21. The quantitative estimate of drug-likeness (QED) is 0.798. The maximum absolute atomic E-state index is 12.5. The number of carbonyl (C=O) groups is 1. The highest BCUT2D eigenvalue weighted by molar-refractivity contribution is 5.74. The number of urea groups is 1. The maximum atomic E-state index is 12.5. The molecule has 1 aliphatic carbocycles. The SMILES string of the molecule is COc1ccc(CNC(=O)N2CCC(Cc3nncn3CC3CC3)CC2)cc1. The number of benzene rings is 1. The van der Waals surface area contributed by atoms with Gasteiger partial charge in [-0.25, -0.2) is 4.79 Å².